The minimum absolute atomic E-state index is 0.0336. The van der Waals surface area contributed by atoms with Crippen LogP contribution in [0.2, 0.25) is 0 Å². The van der Waals surface area contributed by atoms with Crippen LogP contribution in [0.5, 0.6) is 0 Å². The summed E-state index contributed by atoms with van der Waals surface area (Å²) < 4.78 is 5.52. The van der Waals surface area contributed by atoms with E-state index in [9.17, 15) is 9.90 Å². The Morgan fingerprint density at radius 3 is 2.88 bits per heavy atom. The number of rotatable bonds is 4. The van der Waals surface area contributed by atoms with E-state index in [0.717, 1.165) is 32.1 Å². The second kappa shape index (κ2) is 5.83. The van der Waals surface area contributed by atoms with Gasteiger partial charge >= 0.3 is 0 Å². The van der Waals surface area contributed by atoms with Crippen LogP contribution in [0.4, 0.5) is 0 Å². The van der Waals surface area contributed by atoms with Gasteiger partial charge in [-0.15, -0.1) is 0 Å². The molecular formula is C13H23NO3. The fourth-order valence-corrected chi connectivity index (χ4v) is 2.96. The van der Waals surface area contributed by atoms with Gasteiger partial charge in [-0.05, 0) is 38.0 Å². The monoisotopic (exact) mass is 241 g/mol. The van der Waals surface area contributed by atoms with Crippen LogP contribution in [0.1, 0.15) is 39.0 Å². The quantitative estimate of drug-likeness (QED) is 0.774. The molecule has 2 N–H and O–H groups in total. The van der Waals surface area contributed by atoms with E-state index in [0.29, 0.717) is 19.1 Å². The molecule has 1 amide bonds. The van der Waals surface area contributed by atoms with Crippen LogP contribution >= 0.6 is 0 Å². The van der Waals surface area contributed by atoms with Crippen LogP contribution in [-0.2, 0) is 9.53 Å². The predicted octanol–water partition coefficient (Wildman–Crippen LogP) is 1.08. The number of hydrogen-bond acceptors (Lipinski definition) is 3. The maximum atomic E-state index is 12.0. The average molecular weight is 241 g/mol. The zero-order valence-electron chi connectivity index (χ0n) is 10.5. The van der Waals surface area contributed by atoms with Gasteiger partial charge in [0.25, 0.3) is 0 Å². The Hall–Kier alpha value is -0.610. The van der Waals surface area contributed by atoms with Crippen molar-refractivity contribution >= 4 is 5.91 Å². The van der Waals surface area contributed by atoms with Crippen molar-refractivity contribution in [3.63, 3.8) is 0 Å². The molecule has 1 saturated carbocycles. The summed E-state index contributed by atoms with van der Waals surface area (Å²) in [6.45, 7) is 3.48. The Balaban J connectivity index is 1.73. The summed E-state index contributed by atoms with van der Waals surface area (Å²) in [6.07, 6.45) is 4.43. The van der Waals surface area contributed by atoms with Crippen molar-refractivity contribution in [2.75, 3.05) is 13.2 Å². The lowest BCUT2D eigenvalue weighted by Crippen LogP contribution is -2.37. The first-order chi connectivity index (χ1) is 8.20. The smallest absolute Gasteiger partial charge is 0.225 e. The Labute approximate surface area is 103 Å². The van der Waals surface area contributed by atoms with Gasteiger partial charge in [0, 0.05) is 13.2 Å². The van der Waals surface area contributed by atoms with E-state index in [1.165, 1.54) is 0 Å². The number of amides is 1. The molecule has 0 aromatic heterocycles. The first-order valence-corrected chi connectivity index (χ1v) is 6.78. The van der Waals surface area contributed by atoms with Crippen LogP contribution < -0.4 is 5.32 Å². The van der Waals surface area contributed by atoms with Crippen molar-refractivity contribution in [1.82, 2.24) is 5.32 Å². The number of hydrogen-bond donors (Lipinski definition) is 2. The molecule has 4 unspecified atom stereocenters. The molecule has 1 heterocycles. The van der Waals surface area contributed by atoms with E-state index >= 15 is 0 Å². The third-order valence-electron chi connectivity index (χ3n) is 4.03. The van der Waals surface area contributed by atoms with Gasteiger partial charge in [0.05, 0.1) is 18.1 Å². The third kappa shape index (κ3) is 3.19. The topological polar surface area (TPSA) is 58.6 Å². The maximum absolute atomic E-state index is 12.0. The average Bonchev–Trinajstić information content (AvgIpc) is 2.94. The van der Waals surface area contributed by atoms with Crippen molar-refractivity contribution in [2.24, 2.45) is 11.8 Å². The zero-order valence-corrected chi connectivity index (χ0v) is 10.5. The molecule has 2 rings (SSSR count). The number of aliphatic hydroxyl groups is 1. The molecule has 0 bridgehead atoms. The van der Waals surface area contributed by atoms with Crippen molar-refractivity contribution in [2.45, 2.75) is 51.2 Å². The van der Waals surface area contributed by atoms with Gasteiger partial charge in [0.2, 0.25) is 5.91 Å². The highest BCUT2D eigenvalue weighted by Gasteiger charge is 2.33. The predicted molar refractivity (Wildman–Crippen MR) is 64.5 cm³/mol. The van der Waals surface area contributed by atoms with Gasteiger partial charge in [-0.2, -0.15) is 0 Å². The third-order valence-corrected chi connectivity index (χ3v) is 4.03. The molecule has 1 aliphatic carbocycles. The fourth-order valence-electron chi connectivity index (χ4n) is 2.96. The number of carbonyl (C=O) groups is 1. The molecule has 4 atom stereocenters. The van der Waals surface area contributed by atoms with Crippen LogP contribution in [0.25, 0.3) is 0 Å². The molecule has 4 heteroatoms. The summed E-state index contributed by atoms with van der Waals surface area (Å²) in [7, 11) is 0. The maximum Gasteiger partial charge on any atom is 0.225 e. The molecule has 0 aromatic rings. The van der Waals surface area contributed by atoms with Gasteiger partial charge in [-0.1, -0.05) is 6.92 Å². The highest BCUT2D eigenvalue weighted by molar-refractivity contribution is 5.79. The van der Waals surface area contributed by atoms with Gasteiger partial charge in [-0.25, -0.2) is 0 Å². The molecule has 1 aliphatic heterocycles. The van der Waals surface area contributed by atoms with Crippen molar-refractivity contribution in [3.8, 4) is 0 Å². The number of ether oxygens (including phenoxy) is 1. The molecule has 0 aromatic carbocycles. The van der Waals surface area contributed by atoms with E-state index in [4.69, 9.17) is 4.74 Å². The van der Waals surface area contributed by atoms with Crippen molar-refractivity contribution in [3.05, 3.63) is 0 Å². The number of nitrogens with one attached hydrogen (secondary N) is 1. The lowest BCUT2D eigenvalue weighted by Gasteiger charge is -2.18. The van der Waals surface area contributed by atoms with E-state index in [2.05, 4.69) is 12.2 Å². The summed E-state index contributed by atoms with van der Waals surface area (Å²) in [4.78, 5) is 12.0. The lowest BCUT2D eigenvalue weighted by atomic mass is 9.98. The van der Waals surface area contributed by atoms with E-state index in [1.807, 2.05) is 0 Å². The molecule has 0 spiro atoms. The summed E-state index contributed by atoms with van der Waals surface area (Å²) >= 11 is 0. The molecule has 17 heavy (non-hydrogen) atoms. The molecule has 2 fully saturated rings. The molecule has 2 aliphatic rings. The largest absolute Gasteiger partial charge is 0.393 e. The SMILES string of the molecule is CCC1OCCC1C(=O)NCC1CCC(O)C1. The van der Waals surface area contributed by atoms with Gasteiger partial charge in [-0.3, -0.25) is 4.79 Å². The Kier molecular flexibility index (Phi) is 4.40. The normalized spacial score (nSPS) is 37.3. The van der Waals surface area contributed by atoms with Gasteiger partial charge in [0.1, 0.15) is 0 Å². The van der Waals surface area contributed by atoms with E-state index in [-0.39, 0.29) is 24.0 Å². The summed E-state index contributed by atoms with van der Waals surface area (Å²) in [5.74, 6) is 0.624. The minimum Gasteiger partial charge on any atom is -0.393 e. The Morgan fingerprint density at radius 1 is 1.41 bits per heavy atom. The second-order valence-electron chi connectivity index (χ2n) is 5.29. The highest BCUT2D eigenvalue weighted by atomic mass is 16.5. The number of aliphatic hydroxyl groups excluding tert-OH is 1. The van der Waals surface area contributed by atoms with E-state index in [1.54, 1.807) is 0 Å². The standard InChI is InChI=1S/C13H23NO3/c1-2-12-11(5-6-17-12)13(16)14-8-9-3-4-10(15)7-9/h9-12,15H,2-8H2,1H3,(H,14,16). The highest BCUT2D eigenvalue weighted by Crippen LogP contribution is 2.26. The number of carbonyl (C=O) groups excluding carboxylic acids is 1. The molecule has 98 valence electrons. The van der Waals surface area contributed by atoms with Crippen LogP contribution in [-0.4, -0.2) is 36.4 Å². The van der Waals surface area contributed by atoms with Crippen LogP contribution in [0.3, 0.4) is 0 Å². The molecular weight excluding hydrogens is 218 g/mol. The Morgan fingerprint density at radius 2 is 2.24 bits per heavy atom. The van der Waals surface area contributed by atoms with Crippen LogP contribution in [0.15, 0.2) is 0 Å². The molecule has 4 nitrogen and oxygen atoms in total. The molecule has 0 radical (unpaired) electrons. The first kappa shape index (κ1) is 12.8. The lowest BCUT2D eigenvalue weighted by molar-refractivity contribution is -0.126. The zero-order chi connectivity index (χ0) is 12.3. The second-order valence-corrected chi connectivity index (χ2v) is 5.29. The Bertz CT molecular complexity index is 269. The van der Waals surface area contributed by atoms with Crippen LogP contribution in [0, 0.1) is 11.8 Å². The first-order valence-electron chi connectivity index (χ1n) is 6.78. The van der Waals surface area contributed by atoms with Gasteiger partial charge in [0.15, 0.2) is 0 Å². The summed E-state index contributed by atoms with van der Waals surface area (Å²) in [6, 6.07) is 0. The van der Waals surface area contributed by atoms with Gasteiger partial charge < -0.3 is 15.2 Å². The summed E-state index contributed by atoms with van der Waals surface area (Å²) in [5, 5.41) is 12.4. The fraction of sp³-hybridized carbons (Fsp3) is 0.923. The van der Waals surface area contributed by atoms with Crippen molar-refractivity contribution < 1.29 is 14.6 Å². The molecule has 1 saturated heterocycles. The summed E-state index contributed by atoms with van der Waals surface area (Å²) in [5.41, 5.74) is 0. The van der Waals surface area contributed by atoms with Crippen molar-refractivity contribution in [1.29, 1.82) is 0 Å². The van der Waals surface area contributed by atoms with E-state index < -0.39 is 0 Å². The minimum atomic E-state index is -0.157.